The van der Waals surface area contributed by atoms with E-state index in [2.05, 4.69) is 4.72 Å². The molecule has 2 aromatic carbocycles. The molecule has 0 aromatic heterocycles. The Morgan fingerprint density at radius 3 is 2.42 bits per heavy atom. The molecule has 0 saturated carbocycles. The van der Waals surface area contributed by atoms with Gasteiger partial charge in [0.2, 0.25) is 10.0 Å². The molecular weight excluding hydrogens is 336 g/mol. The summed E-state index contributed by atoms with van der Waals surface area (Å²) >= 11 is 0. The average Bonchev–Trinajstić information content (AvgIpc) is 2.57. The van der Waals surface area contributed by atoms with E-state index in [0.717, 1.165) is 17.7 Å². The van der Waals surface area contributed by atoms with Gasteiger partial charge in [0.05, 0.1) is 0 Å². The number of aliphatic hydroxyl groups excluding tert-OH is 1. The third kappa shape index (κ3) is 4.83. The Hall–Kier alpha value is -1.83. The maximum absolute atomic E-state index is 13.6. The first-order chi connectivity index (χ1) is 11.4. The van der Waals surface area contributed by atoms with Crippen LogP contribution >= 0.6 is 0 Å². The predicted molar refractivity (Wildman–Crippen MR) is 87.0 cm³/mol. The zero-order chi connectivity index (χ0) is 17.6. The molecule has 2 rings (SSSR count). The summed E-state index contributed by atoms with van der Waals surface area (Å²) in [7, 11) is -4.13. The second-order valence-electron chi connectivity index (χ2n) is 5.38. The summed E-state index contributed by atoms with van der Waals surface area (Å²) in [6, 6.07) is 11.7. The largest absolute Gasteiger partial charge is 0.396 e. The molecule has 0 radical (unpaired) electrons. The third-order valence-electron chi connectivity index (χ3n) is 3.72. The van der Waals surface area contributed by atoms with E-state index in [1.165, 1.54) is 0 Å². The zero-order valence-corrected chi connectivity index (χ0v) is 13.8. The lowest BCUT2D eigenvalue weighted by molar-refractivity contribution is 0.273. The van der Waals surface area contributed by atoms with Crippen LogP contribution in [-0.4, -0.2) is 26.7 Å². The highest BCUT2D eigenvalue weighted by Gasteiger charge is 2.20. The second-order valence-corrected chi connectivity index (χ2v) is 7.12. The predicted octanol–water partition coefficient (Wildman–Crippen LogP) is 2.80. The number of hydrogen-bond acceptors (Lipinski definition) is 3. The quantitative estimate of drug-likeness (QED) is 0.765. The van der Waals surface area contributed by atoms with Crippen molar-refractivity contribution in [1.29, 1.82) is 0 Å². The van der Waals surface area contributed by atoms with Crippen molar-refractivity contribution in [1.82, 2.24) is 4.72 Å². The van der Waals surface area contributed by atoms with E-state index in [1.54, 1.807) is 0 Å². The normalized spacial score (nSPS) is 13.0. The molecule has 2 aromatic rings. The first kappa shape index (κ1) is 18.5. The number of nitrogens with one attached hydrogen (secondary N) is 1. The number of sulfonamides is 1. The van der Waals surface area contributed by atoms with E-state index in [-0.39, 0.29) is 19.1 Å². The van der Waals surface area contributed by atoms with Gasteiger partial charge < -0.3 is 5.11 Å². The molecule has 0 aliphatic rings. The summed E-state index contributed by atoms with van der Waals surface area (Å²) in [4.78, 5) is -0.707. The van der Waals surface area contributed by atoms with Gasteiger partial charge in [0.1, 0.15) is 16.5 Å². The van der Waals surface area contributed by atoms with Gasteiger partial charge in [-0.3, -0.25) is 0 Å². The monoisotopic (exact) mass is 355 g/mol. The molecule has 1 atom stereocenters. The van der Waals surface area contributed by atoms with Gasteiger partial charge >= 0.3 is 0 Å². The molecule has 0 amide bonds. The van der Waals surface area contributed by atoms with Crippen LogP contribution in [-0.2, 0) is 10.0 Å². The lowest BCUT2D eigenvalue weighted by Gasteiger charge is -2.17. The average molecular weight is 355 g/mol. The van der Waals surface area contributed by atoms with E-state index in [9.17, 15) is 22.3 Å². The van der Waals surface area contributed by atoms with Crippen LogP contribution in [0.2, 0.25) is 0 Å². The Bertz CT molecular complexity index is 767. The van der Waals surface area contributed by atoms with Gasteiger partial charge in [0.25, 0.3) is 0 Å². The highest BCUT2D eigenvalue weighted by molar-refractivity contribution is 7.89. The Balaban J connectivity index is 2.04. The van der Waals surface area contributed by atoms with Crippen molar-refractivity contribution in [3.8, 4) is 0 Å². The minimum Gasteiger partial charge on any atom is -0.396 e. The van der Waals surface area contributed by atoms with Crippen LogP contribution < -0.4 is 4.72 Å². The molecular formula is C17H19F2NO3S. The van der Waals surface area contributed by atoms with Crippen LogP contribution in [0.1, 0.15) is 24.3 Å². The van der Waals surface area contributed by atoms with Crippen LogP contribution in [0.4, 0.5) is 8.78 Å². The molecule has 0 saturated heterocycles. The smallest absolute Gasteiger partial charge is 0.243 e. The van der Waals surface area contributed by atoms with E-state index >= 15 is 0 Å². The minimum absolute atomic E-state index is 0.0230. The maximum Gasteiger partial charge on any atom is 0.243 e. The topological polar surface area (TPSA) is 66.4 Å². The fourth-order valence-corrected chi connectivity index (χ4v) is 3.62. The summed E-state index contributed by atoms with van der Waals surface area (Å²) in [5.74, 6) is -1.85. The lowest BCUT2D eigenvalue weighted by Crippen LogP contribution is -2.27. The van der Waals surface area contributed by atoms with Crippen molar-refractivity contribution in [3.63, 3.8) is 0 Å². The lowest BCUT2D eigenvalue weighted by atomic mass is 9.93. The van der Waals surface area contributed by atoms with E-state index in [1.807, 2.05) is 30.3 Å². The number of halogens is 2. The Morgan fingerprint density at radius 2 is 1.75 bits per heavy atom. The first-order valence-electron chi connectivity index (χ1n) is 7.54. The standard InChI is InChI=1S/C17H19F2NO3S/c18-15-6-7-16(19)17(12-15)24(22,23)20-10-8-14(9-11-21)13-4-2-1-3-5-13/h1-7,12,14,20-21H,8-11H2. The number of aliphatic hydroxyl groups is 1. The van der Waals surface area contributed by atoms with Gasteiger partial charge in [-0.15, -0.1) is 0 Å². The van der Waals surface area contributed by atoms with Crippen molar-refractivity contribution in [3.05, 3.63) is 65.7 Å². The van der Waals surface area contributed by atoms with Crippen molar-refractivity contribution >= 4 is 10.0 Å². The zero-order valence-electron chi connectivity index (χ0n) is 13.0. The Morgan fingerprint density at radius 1 is 1.04 bits per heavy atom. The Labute approximate surface area is 140 Å². The summed E-state index contributed by atoms with van der Waals surface area (Å²) in [6.07, 6.45) is 0.917. The van der Waals surface area contributed by atoms with Crippen molar-refractivity contribution in [2.24, 2.45) is 0 Å². The molecule has 0 bridgehead atoms. The second kappa shape index (κ2) is 8.32. The molecule has 0 aliphatic heterocycles. The van der Waals surface area contributed by atoms with E-state index < -0.39 is 26.6 Å². The number of rotatable bonds is 8. The number of hydrogen-bond donors (Lipinski definition) is 2. The van der Waals surface area contributed by atoms with Gasteiger partial charge in [-0.1, -0.05) is 30.3 Å². The number of benzene rings is 2. The fraction of sp³-hybridized carbons (Fsp3) is 0.294. The Kier molecular flexibility index (Phi) is 6.42. The van der Waals surface area contributed by atoms with E-state index in [0.29, 0.717) is 18.9 Å². The maximum atomic E-state index is 13.6. The van der Waals surface area contributed by atoms with Gasteiger partial charge in [-0.25, -0.2) is 21.9 Å². The molecule has 130 valence electrons. The van der Waals surface area contributed by atoms with E-state index in [4.69, 9.17) is 0 Å². The van der Waals surface area contributed by atoms with Crippen molar-refractivity contribution in [2.45, 2.75) is 23.7 Å². The van der Waals surface area contributed by atoms with Gasteiger partial charge in [-0.05, 0) is 42.5 Å². The van der Waals surface area contributed by atoms with Gasteiger partial charge in [-0.2, -0.15) is 0 Å². The van der Waals surface area contributed by atoms with Crippen LogP contribution in [0.15, 0.2) is 53.4 Å². The molecule has 0 aliphatic carbocycles. The summed E-state index contributed by atoms with van der Waals surface area (Å²) in [5.41, 5.74) is 0.989. The molecule has 1 unspecified atom stereocenters. The third-order valence-corrected chi connectivity index (χ3v) is 5.19. The van der Waals surface area contributed by atoms with Crippen LogP contribution in [0, 0.1) is 11.6 Å². The highest BCUT2D eigenvalue weighted by Crippen LogP contribution is 2.23. The minimum atomic E-state index is -4.13. The van der Waals surface area contributed by atoms with Crippen LogP contribution in [0.5, 0.6) is 0 Å². The van der Waals surface area contributed by atoms with Crippen molar-refractivity contribution < 1.29 is 22.3 Å². The molecule has 0 fully saturated rings. The van der Waals surface area contributed by atoms with Gasteiger partial charge in [0, 0.05) is 13.2 Å². The summed E-state index contributed by atoms with van der Waals surface area (Å²) in [6.45, 7) is 0.0304. The first-order valence-corrected chi connectivity index (χ1v) is 9.03. The summed E-state index contributed by atoms with van der Waals surface area (Å²) in [5, 5.41) is 9.17. The molecule has 2 N–H and O–H groups in total. The highest BCUT2D eigenvalue weighted by atomic mass is 32.2. The molecule has 24 heavy (non-hydrogen) atoms. The van der Waals surface area contributed by atoms with Crippen LogP contribution in [0.25, 0.3) is 0 Å². The fourth-order valence-electron chi connectivity index (χ4n) is 2.49. The summed E-state index contributed by atoms with van der Waals surface area (Å²) < 4.78 is 53.3. The molecule has 0 heterocycles. The van der Waals surface area contributed by atoms with Crippen molar-refractivity contribution in [2.75, 3.05) is 13.2 Å². The molecule has 4 nitrogen and oxygen atoms in total. The SMILES string of the molecule is O=S(=O)(NCCC(CCO)c1ccccc1)c1cc(F)ccc1F. The molecule has 7 heteroatoms. The van der Waals surface area contributed by atoms with Gasteiger partial charge in [0.15, 0.2) is 0 Å². The molecule has 0 spiro atoms. The van der Waals surface area contributed by atoms with Crippen LogP contribution in [0.3, 0.4) is 0 Å².